The summed E-state index contributed by atoms with van der Waals surface area (Å²) in [5.41, 5.74) is 3.37. The summed E-state index contributed by atoms with van der Waals surface area (Å²) in [6.07, 6.45) is 3.55. The van der Waals surface area contributed by atoms with Crippen molar-refractivity contribution >= 4 is 21.8 Å². The summed E-state index contributed by atoms with van der Waals surface area (Å²) in [5.74, 6) is 0.153. The molecule has 1 aliphatic rings. The van der Waals surface area contributed by atoms with Gasteiger partial charge in [-0.1, -0.05) is 72.8 Å². The minimum Gasteiger partial charge on any atom is -0.438 e. The van der Waals surface area contributed by atoms with Crippen molar-refractivity contribution in [3.63, 3.8) is 0 Å². The van der Waals surface area contributed by atoms with E-state index in [2.05, 4.69) is 9.97 Å². The van der Waals surface area contributed by atoms with Gasteiger partial charge in [-0.15, -0.1) is 0 Å². The van der Waals surface area contributed by atoms with Gasteiger partial charge in [0.2, 0.25) is 0 Å². The molecular weight excluding hydrogens is 360 g/mol. The van der Waals surface area contributed by atoms with Gasteiger partial charge in [0.1, 0.15) is 11.0 Å². The van der Waals surface area contributed by atoms with Crippen LogP contribution in [0.1, 0.15) is 11.1 Å². The van der Waals surface area contributed by atoms with E-state index < -0.39 is 5.79 Å². The highest BCUT2D eigenvalue weighted by atomic mass is 16.7. The maximum atomic E-state index is 6.66. The van der Waals surface area contributed by atoms with Crippen LogP contribution in [0.25, 0.3) is 21.8 Å². The number of hydrogen-bond acceptors (Lipinski definition) is 4. The molecule has 2 aromatic heterocycles. The molecule has 0 atom stereocenters. The van der Waals surface area contributed by atoms with Crippen molar-refractivity contribution in [2.75, 3.05) is 0 Å². The van der Waals surface area contributed by atoms with Gasteiger partial charge in [0, 0.05) is 34.3 Å². The zero-order valence-electron chi connectivity index (χ0n) is 15.4. The summed E-state index contributed by atoms with van der Waals surface area (Å²) in [6.45, 7) is 0. The van der Waals surface area contributed by atoms with E-state index in [4.69, 9.17) is 9.47 Å². The molecule has 5 aromatic rings. The summed E-state index contributed by atoms with van der Waals surface area (Å²) in [7, 11) is 0. The van der Waals surface area contributed by atoms with Crippen LogP contribution in [0.3, 0.4) is 0 Å². The number of nitrogens with zero attached hydrogens (tertiary/aromatic N) is 2. The molecule has 4 heteroatoms. The molecule has 0 bridgehead atoms. The molecule has 138 valence electrons. The van der Waals surface area contributed by atoms with Crippen LogP contribution >= 0.6 is 0 Å². The van der Waals surface area contributed by atoms with Gasteiger partial charge in [0.05, 0.1) is 0 Å². The van der Waals surface area contributed by atoms with Gasteiger partial charge in [0.25, 0.3) is 0 Å². The number of fused-ring (bicyclic) bond motifs is 6. The van der Waals surface area contributed by atoms with E-state index in [1.54, 1.807) is 12.4 Å². The van der Waals surface area contributed by atoms with Crippen LogP contribution in [0.5, 0.6) is 11.5 Å². The van der Waals surface area contributed by atoms with Crippen LogP contribution in [0, 0.1) is 0 Å². The van der Waals surface area contributed by atoms with Gasteiger partial charge in [-0.3, -0.25) is 9.97 Å². The average molecular weight is 376 g/mol. The molecule has 0 spiro atoms. The van der Waals surface area contributed by atoms with Gasteiger partial charge in [-0.05, 0) is 12.1 Å². The fraction of sp³-hybridized carbons (Fsp3) is 0.0400. The third-order valence-electron chi connectivity index (χ3n) is 5.34. The molecule has 0 aliphatic carbocycles. The normalized spacial score (nSPS) is 14.3. The minimum absolute atomic E-state index is 0.625. The largest absolute Gasteiger partial charge is 0.438 e. The molecule has 0 unspecified atom stereocenters. The Kier molecular flexibility index (Phi) is 3.35. The third-order valence-corrected chi connectivity index (χ3v) is 5.34. The molecule has 29 heavy (non-hydrogen) atoms. The second-order valence-corrected chi connectivity index (χ2v) is 7.01. The van der Waals surface area contributed by atoms with Gasteiger partial charge < -0.3 is 9.47 Å². The Hall–Kier alpha value is -3.92. The minimum atomic E-state index is -1.10. The standard InChI is InChI=1S/C25H16N2O2/c1-3-9-17(10-4-1)25(18-11-5-2-6-12-18)28-23-21-19(13-7-15-26-21)20-14-8-16-27-22(20)24(23)29-25/h1-16H. The Morgan fingerprint density at radius 1 is 0.517 bits per heavy atom. The molecule has 0 radical (unpaired) electrons. The van der Waals surface area contributed by atoms with E-state index in [9.17, 15) is 0 Å². The Balaban J connectivity index is 1.70. The number of hydrogen-bond donors (Lipinski definition) is 0. The van der Waals surface area contributed by atoms with Crippen molar-refractivity contribution < 1.29 is 9.47 Å². The van der Waals surface area contributed by atoms with E-state index in [0.29, 0.717) is 11.5 Å². The first kappa shape index (κ1) is 16.1. The van der Waals surface area contributed by atoms with Crippen molar-refractivity contribution in [1.29, 1.82) is 0 Å². The van der Waals surface area contributed by atoms with E-state index in [0.717, 1.165) is 32.9 Å². The first-order valence-electron chi connectivity index (χ1n) is 9.51. The van der Waals surface area contributed by atoms with E-state index in [1.165, 1.54) is 0 Å². The van der Waals surface area contributed by atoms with Crippen LogP contribution in [0.2, 0.25) is 0 Å². The van der Waals surface area contributed by atoms with Gasteiger partial charge in [-0.25, -0.2) is 0 Å². The molecule has 3 aromatic carbocycles. The average Bonchev–Trinajstić information content (AvgIpc) is 3.23. The van der Waals surface area contributed by atoms with Crippen molar-refractivity contribution in [3.05, 3.63) is 108 Å². The summed E-state index contributed by atoms with van der Waals surface area (Å²) >= 11 is 0. The molecule has 6 rings (SSSR count). The fourth-order valence-electron chi connectivity index (χ4n) is 4.04. The maximum absolute atomic E-state index is 6.66. The first-order valence-corrected chi connectivity index (χ1v) is 9.51. The number of ether oxygens (including phenoxy) is 2. The smallest absolute Gasteiger partial charge is 0.305 e. The number of aromatic nitrogens is 2. The lowest BCUT2D eigenvalue weighted by molar-refractivity contribution is -0.0448. The zero-order chi connectivity index (χ0) is 19.3. The van der Waals surface area contributed by atoms with Gasteiger partial charge >= 0.3 is 5.79 Å². The van der Waals surface area contributed by atoms with E-state index in [1.807, 2.05) is 84.9 Å². The van der Waals surface area contributed by atoms with Gasteiger partial charge in [0.15, 0.2) is 11.5 Å². The lowest BCUT2D eigenvalue weighted by Crippen LogP contribution is -2.36. The number of rotatable bonds is 2. The quantitative estimate of drug-likeness (QED) is 0.384. The monoisotopic (exact) mass is 376 g/mol. The van der Waals surface area contributed by atoms with Crippen molar-refractivity contribution in [2.24, 2.45) is 0 Å². The molecule has 0 N–H and O–H groups in total. The number of pyridine rings is 2. The predicted molar refractivity (Wildman–Crippen MR) is 112 cm³/mol. The van der Waals surface area contributed by atoms with Crippen LogP contribution in [0.15, 0.2) is 97.3 Å². The lowest BCUT2D eigenvalue weighted by atomic mass is 9.97. The molecule has 1 aliphatic heterocycles. The third kappa shape index (κ3) is 2.26. The Labute approximate surface area is 167 Å². The summed E-state index contributed by atoms with van der Waals surface area (Å²) in [6, 6.07) is 27.9. The van der Waals surface area contributed by atoms with E-state index in [-0.39, 0.29) is 0 Å². The van der Waals surface area contributed by atoms with Crippen LogP contribution in [-0.2, 0) is 5.79 Å². The maximum Gasteiger partial charge on any atom is 0.305 e. The highest BCUT2D eigenvalue weighted by Gasteiger charge is 2.47. The molecule has 0 saturated carbocycles. The molecule has 4 nitrogen and oxygen atoms in total. The summed E-state index contributed by atoms with van der Waals surface area (Å²) in [5, 5.41) is 1.99. The topological polar surface area (TPSA) is 44.2 Å². The predicted octanol–water partition coefficient (Wildman–Crippen LogP) is 5.46. The fourth-order valence-corrected chi connectivity index (χ4v) is 4.04. The Morgan fingerprint density at radius 3 is 1.41 bits per heavy atom. The SMILES string of the molecule is c1ccc(C2(c3ccccc3)Oc3c(c4ncccc4c4cccnc34)O2)cc1. The van der Waals surface area contributed by atoms with Crippen LogP contribution in [0.4, 0.5) is 0 Å². The second kappa shape index (κ2) is 6.04. The van der Waals surface area contributed by atoms with E-state index >= 15 is 0 Å². The lowest BCUT2D eigenvalue weighted by Gasteiger charge is -2.28. The van der Waals surface area contributed by atoms with Crippen molar-refractivity contribution in [1.82, 2.24) is 9.97 Å². The summed E-state index contributed by atoms with van der Waals surface area (Å²) in [4.78, 5) is 9.25. The first-order chi connectivity index (χ1) is 14.4. The Morgan fingerprint density at radius 2 is 0.966 bits per heavy atom. The highest BCUT2D eigenvalue weighted by molar-refractivity contribution is 6.11. The molecule has 3 heterocycles. The molecule has 0 saturated heterocycles. The van der Waals surface area contributed by atoms with Crippen molar-refractivity contribution in [3.8, 4) is 11.5 Å². The molecular formula is C25H16N2O2. The van der Waals surface area contributed by atoms with Gasteiger partial charge in [-0.2, -0.15) is 0 Å². The number of benzene rings is 3. The van der Waals surface area contributed by atoms with Crippen LogP contribution < -0.4 is 9.47 Å². The van der Waals surface area contributed by atoms with Crippen molar-refractivity contribution in [2.45, 2.75) is 5.79 Å². The zero-order valence-corrected chi connectivity index (χ0v) is 15.4. The Bertz CT molecular complexity index is 1250. The molecule has 0 amide bonds. The molecule has 0 fully saturated rings. The van der Waals surface area contributed by atoms with Crippen LogP contribution in [-0.4, -0.2) is 9.97 Å². The second-order valence-electron chi connectivity index (χ2n) is 7.01. The highest BCUT2D eigenvalue weighted by Crippen LogP contribution is 2.53. The summed E-state index contributed by atoms with van der Waals surface area (Å²) < 4.78 is 13.3.